The maximum Gasteiger partial charge on any atom is 0.330 e. The topological polar surface area (TPSA) is 83.9 Å². The molecule has 2 aromatic carbocycles. The SMILES string of the molecule is COC(=O)[C@H](Cc1c[nH]c2ccccc12)N=Cc1ccc(O)c(OC)c1. The van der Waals surface area contributed by atoms with E-state index in [9.17, 15) is 9.90 Å². The highest BCUT2D eigenvalue weighted by Crippen LogP contribution is 2.26. The largest absolute Gasteiger partial charge is 0.504 e. The number of fused-ring (bicyclic) bond motifs is 1. The lowest BCUT2D eigenvalue weighted by Crippen LogP contribution is -2.23. The molecule has 3 rings (SSSR count). The van der Waals surface area contributed by atoms with Gasteiger partial charge in [-0.25, -0.2) is 4.79 Å². The monoisotopic (exact) mass is 352 g/mol. The van der Waals surface area contributed by atoms with E-state index in [4.69, 9.17) is 9.47 Å². The number of hydrogen-bond acceptors (Lipinski definition) is 5. The second-order valence-corrected chi connectivity index (χ2v) is 5.81. The fourth-order valence-electron chi connectivity index (χ4n) is 2.79. The van der Waals surface area contributed by atoms with Gasteiger partial charge >= 0.3 is 5.97 Å². The quantitative estimate of drug-likeness (QED) is 0.527. The van der Waals surface area contributed by atoms with E-state index in [1.807, 2.05) is 30.5 Å². The maximum absolute atomic E-state index is 12.2. The number of para-hydroxylation sites is 1. The summed E-state index contributed by atoms with van der Waals surface area (Å²) in [6.07, 6.45) is 3.89. The van der Waals surface area contributed by atoms with Crippen molar-refractivity contribution in [3.63, 3.8) is 0 Å². The third-order valence-corrected chi connectivity index (χ3v) is 4.17. The highest BCUT2D eigenvalue weighted by atomic mass is 16.5. The number of aromatic nitrogens is 1. The molecule has 0 bridgehead atoms. The molecule has 134 valence electrons. The van der Waals surface area contributed by atoms with Gasteiger partial charge in [0.1, 0.15) is 0 Å². The van der Waals surface area contributed by atoms with E-state index in [0.717, 1.165) is 16.5 Å². The molecule has 3 aromatic rings. The number of carbonyl (C=O) groups excluding carboxylic acids is 1. The molecule has 0 aliphatic carbocycles. The van der Waals surface area contributed by atoms with Crippen LogP contribution in [-0.4, -0.2) is 42.5 Å². The zero-order chi connectivity index (χ0) is 18.5. The molecule has 0 saturated heterocycles. The first-order chi connectivity index (χ1) is 12.6. The Morgan fingerprint density at radius 3 is 2.85 bits per heavy atom. The molecule has 0 aliphatic heterocycles. The zero-order valence-electron chi connectivity index (χ0n) is 14.6. The van der Waals surface area contributed by atoms with Crippen molar-refractivity contribution in [2.75, 3.05) is 14.2 Å². The highest BCUT2D eigenvalue weighted by Gasteiger charge is 2.20. The van der Waals surface area contributed by atoms with Crippen molar-refractivity contribution >= 4 is 23.1 Å². The van der Waals surface area contributed by atoms with E-state index >= 15 is 0 Å². The number of benzene rings is 2. The molecule has 0 fully saturated rings. The molecule has 26 heavy (non-hydrogen) atoms. The molecule has 0 aliphatic rings. The number of aliphatic imine (C=N–C) groups is 1. The number of H-pyrrole nitrogens is 1. The second kappa shape index (κ2) is 7.74. The molecule has 0 spiro atoms. The van der Waals surface area contributed by atoms with Gasteiger partial charge in [-0.1, -0.05) is 18.2 Å². The summed E-state index contributed by atoms with van der Waals surface area (Å²) in [4.78, 5) is 19.8. The first-order valence-corrected chi connectivity index (χ1v) is 8.15. The summed E-state index contributed by atoms with van der Waals surface area (Å²) in [6, 6.07) is 12.1. The Kier molecular flexibility index (Phi) is 5.22. The van der Waals surface area contributed by atoms with Crippen molar-refractivity contribution in [1.82, 2.24) is 4.98 Å². The van der Waals surface area contributed by atoms with E-state index in [-0.39, 0.29) is 5.75 Å². The van der Waals surface area contributed by atoms with Crippen molar-refractivity contribution in [2.45, 2.75) is 12.5 Å². The van der Waals surface area contributed by atoms with Crippen LogP contribution in [0.3, 0.4) is 0 Å². The number of hydrogen-bond donors (Lipinski definition) is 2. The third kappa shape index (κ3) is 3.69. The van der Waals surface area contributed by atoms with Gasteiger partial charge in [0.05, 0.1) is 14.2 Å². The normalized spacial score (nSPS) is 12.4. The predicted molar refractivity (Wildman–Crippen MR) is 100 cm³/mol. The maximum atomic E-state index is 12.2. The molecule has 0 saturated carbocycles. The fourth-order valence-corrected chi connectivity index (χ4v) is 2.79. The van der Waals surface area contributed by atoms with Crippen molar-refractivity contribution in [2.24, 2.45) is 4.99 Å². The molecule has 0 unspecified atom stereocenters. The van der Waals surface area contributed by atoms with Gasteiger partial charge in [-0.15, -0.1) is 0 Å². The average Bonchev–Trinajstić information content (AvgIpc) is 3.08. The van der Waals surface area contributed by atoms with E-state index in [1.165, 1.54) is 20.3 Å². The number of nitrogens with zero attached hydrogens (tertiary/aromatic N) is 1. The van der Waals surface area contributed by atoms with Crippen LogP contribution in [0.25, 0.3) is 10.9 Å². The number of aromatic amines is 1. The van der Waals surface area contributed by atoms with Gasteiger partial charge in [0, 0.05) is 29.7 Å². The summed E-state index contributed by atoms with van der Waals surface area (Å²) in [5, 5.41) is 10.7. The smallest absolute Gasteiger partial charge is 0.330 e. The Balaban J connectivity index is 1.85. The molecule has 0 amide bonds. The molecule has 0 radical (unpaired) electrons. The summed E-state index contributed by atoms with van der Waals surface area (Å²) in [7, 11) is 2.83. The van der Waals surface area contributed by atoms with Crippen molar-refractivity contribution in [3.8, 4) is 11.5 Å². The lowest BCUT2D eigenvalue weighted by atomic mass is 10.1. The van der Waals surface area contributed by atoms with Crippen molar-refractivity contribution in [3.05, 3.63) is 59.8 Å². The van der Waals surface area contributed by atoms with E-state index < -0.39 is 12.0 Å². The number of methoxy groups -OCH3 is 2. The number of esters is 1. The van der Waals surface area contributed by atoms with Gasteiger partial charge in [-0.05, 0) is 35.4 Å². The van der Waals surface area contributed by atoms with Crippen LogP contribution in [0.1, 0.15) is 11.1 Å². The van der Waals surface area contributed by atoms with Crippen LogP contribution in [0.5, 0.6) is 11.5 Å². The number of nitrogens with one attached hydrogen (secondary N) is 1. The summed E-state index contributed by atoms with van der Waals surface area (Å²) < 4.78 is 9.99. The number of phenols is 1. The first kappa shape index (κ1) is 17.5. The Morgan fingerprint density at radius 1 is 1.27 bits per heavy atom. The summed E-state index contributed by atoms with van der Waals surface area (Å²) >= 11 is 0. The molecule has 6 heteroatoms. The Bertz CT molecular complexity index is 946. The molecular weight excluding hydrogens is 332 g/mol. The standard InChI is InChI=1S/C20H20N2O4/c1-25-19-9-13(7-8-18(19)23)11-21-17(20(24)26-2)10-14-12-22-16-6-4-3-5-15(14)16/h3-9,11-12,17,22-23H,10H2,1-2H3/t17-/m0/s1. The van der Waals surface area contributed by atoms with Crippen LogP contribution < -0.4 is 4.74 Å². The second-order valence-electron chi connectivity index (χ2n) is 5.81. The number of rotatable bonds is 6. The average molecular weight is 352 g/mol. The summed E-state index contributed by atoms with van der Waals surface area (Å²) in [5.74, 6) is -0.00886. The van der Waals surface area contributed by atoms with Crippen molar-refractivity contribution in [1.29, 1.82) is 0 Å². The van der Waals surface area contributed by atoms with Crippen molar-refractivity contribution < 1.29 is 19.4 Å². The lowest BCUT2D eigenvalue weighted by molar-refractivity contribution is -0.142. The minimum absolute atomic E-state index is 0.0490. The molecule has 2 N–H and O–H groups in total. The van der Waals surface area contributed by atoms with Crippen LogP contribution >= 0.6 is 0 Å². The Labute approximate surface area is 151 Å². The molecular formula is C20H20N2O4. The molecule has 1 heterocycles. The Morgan fingerprint density at radius 2 is 2.08 bits per heavy atom. The van der Waals surface area contributed by atoms with Crippen LogP contribution in [0.15, 0.2) is 53.7 Å². The zero-order valence-corrected chi connectivity index (χ0v) is 14.6. The molecule has 1 atom stereocenters. The molecule has 6 nitrogen and oxygen atoms in total. The van der Waals surface area contributed by atoms with Crippen LogP contribution in [0, 0.1) is 0 Å². The summed E-state index contributed by atoms with van der Waals surface area (Å²) in [5.41, 5.74) is 2.72. The van der Waals surface area contributed by atoms with Gasteiger partial charge in [-0.3, -0.25) is 4.99 Å². The highest BCUT2D eigenvalue weighted by molar-refractivity contribution is 5.87. The minimum atomic E-state index is -0.668. The van der Waals surface area contributed by atoms with Crippen LogP contribution in [0.4, 0.5) is 0 Å². The van der Waals surface area contributed by atoms with Gasteiger partial charge in [0.25, 0.3) is 0 Å². The van der Waals surface area contributed by atoms with Gasteiger partial charge in [0.15, 0.2) is 17.5 Å². The molecule has 1 aromatic heterocycles. The lowest BCUT2D eigenvalue weighted by Gasteiger charge is -2.10. The fraction of sp³-hybridized carbons (Fsp3) is 0.200. The predicted octanol–water partition coefficient (Wildman–Crippen LogP) is 3.09. The van der Waals surface area contributed by atoms with E-state index in [1.54, 1.807) is 18.3 Å². The third-order valence-electron chi connectivity index (χ3n) is 4.17. The number of phenolic OH excluding ortho intramolecular Hbond substituents is 1. The van der Waals surface area contributed by atoms with Crippen LogP contribution in [-0.2, 0) is 16.0 Å². The van der Waals surface area contributed by atoms with E-state index in [2.05, 4.69) is 9.98 Å². The van der Waals surface area contributed by atoms with Crippen LogP contribution in [0.2, 0.25) is 0 Å². The number of carbonyl (C=O) groups is 1. The first-order valence-electron chi connectivity index (χ1n) is 8.15. The Hall–Kier alpha value is -3.28. The number of aromatic hydroxyl groups is 1. The summed E-state index contributed by atoms with van der Waals surface area (Å²) in [6.45, 7) is 0. The number of ether oxygens (including phenoxy) is 2. The van der Waals surface area contributed by atoms with Gasteiger partial charge in [0.2, 0.25) is 0 Å². The minimum Gasteiger partial charge on any atom is -0.504 e. The van der Waals surface area contributed by atoms with Gasteiger partial charge < -0.3 is 19.6 Å². The van der Waals surface area contributed by atoms with E-state index in [0.29, 0.717) is 17.7 Å². The van der Waals surface area contributed by atoms with Gasteiger partial charge in [-0.2, -0.15) is 0 Å².